The highest BCUT2D eigenvalue weighted by Gasteiger charge is 2.22. The van der Waals surface area contributed by atoms with Crippen molar-refractivity contribution in [2.24, 2.45) is 0 Å². The summed E-state index contributed by atoms with van der Waals surface area (Å²) < 4.78 is 0. The van der Waals surface area contributed by atoms with E-state index in [1.54, 1.807) is 31.2 Å². The lowest BCUT2D eigenvalue weighted by Crippen LogP contribution is -2.45. The van der Waals surface area contributed by atoms with Crippen LogP contribution in [-0.4, -0.2) is 23.8 Å². The van der Waals surface area contributed by atoms with E-state index in [9.17, 15) is 14.4 Å². The largest absolute Gasteiger partial charge is 0.350 e. The van der Waals surface area contributed by atoms with E-state index in [4.69, 9.17) is 11.6 Å². The van der Waals surface area contributed by atoms with Gasteiger partial charge in [-0.3, -0.25) is 14.4 Å². The van der Waals surface area contributed by atoms with E-state index >= 15 is 0 Å². The fourth-order valence-electron chi connectivity index (χ4n) is 3.31. The van der Waals surface area contributed by atoms with Crippen molar-refractivity contribution in [1.29, 1.82) is 0 Å². The van der Waals surface area contributed by atoms with Crippen LogP contribution in [0, 0.1) is 0 Å². The molecule has 3 amide bonds. The van der Waals surface area contributed by atoms with Gasteiger partial charge in [-0.15, -0.1) is 0 Å². The second-order valence-electron chi connectivity index (χ2n) is 7.61. The zero-order valence-corrected chi connectivity index (χ0v) is 19.0. The third kappa shape index (κ3) is 7.19. The van der Waals surface area contributed by atoms with Gasteiger partial charge in [-0.05, 0) is 30.2 Å². The minimum absolute atomic E-state index is 0.0312. The van der Waals surface area contributed by atoms with E-state index in [0.717, 1.165) is 11.1 Å². The Labute approximate surface area is 198 Å². The summed E-state index contributed by atoms with van der Waals surface area (Å²) in [7, 11) is 0. The molecule has 0 spiro atoms. The van der Waals surface area contributed by atoms with Gasteiger partial charge in [0.25, 0.3) is 5.91 Å². The number of carbonyl (C=O) groups excluding carboxylic acids is 3. The van der Waals surface area contributed by atoms with Crippen LogP contribution >= 0.6 is 11.6 Å². The minimum atomic E-state index is -0.725. The number of rotatable bonds is 9. The van der Waals surface area contributed by atoms with Crippen LogP contribution in [-0.2, 0) is 16.1 Å². The summed E-state index contributed by atoms with van der Waals surface area (Å²) in [4.78, 5) is 37.9. The standard InChI is InChI=1S/C26H26ClN3O3/c1-18(25(32)28-17-19-10-4-2-5-11-19)29-24(31)16-23(20-12-6-3-7-13-20)30-26(33)21-14-8-9-15-22(21)27/h2-15,18,23H,16-17H2,1H3,(H,28,32)(H,29,31)(H,30,33). The Bertz CT molecular complexity index is 1090. The summed E-state index contributed by atoms with van der Waals surface area (Å²) in [5.74, 6) is -1.02. The van der Waals surface area contributed by atoms with E-state index in [-0.39, 0.29) is 24.1 Å². The highest BCUT2D eigenvalue weighted by atomic mass is 35.5. The van der Waals surface area contributed by atoms with Crippen molar-refractivity contribution < 1.29 is 14.4 Å². The van der Waals surface area contributed by atoms with E-state index < -0.39 is 12.1 Å². The smallest absolute Gasteiger partial charge is 0.253 e. The molecule has 6 nitrogen and oxygen atoms in total. The fraction of sp³-hybridized carbons (Fsp3) is 0.192. The van der Waals surface area contributed by atoms with Gasteiger partial charge in [0.1, 0.15) is 6.04 Å². The number of nitrogens with one attached hydrogen (secondary N) is 3. The van der Waals surface area contributed by atoms with Crippen LogP contribution in [0.25, 0.3) is 0 Å². The van der Waals surface area contributed by atoms with Crippen molar-refractivity contribution in [1.82, 2.24) is 16.0 Å². The van der Waals surface area contributed by atoms with Crippen LogP contribution in [0.2, 0.25) is 5.02 Å². The summed E-state index contributed by atoms with van der Waals surface area (Å²) in [6.07, 6.45) is -0.0312. The normalized spacial score (nSPS) is 12.3. The zero-order chi connectivity index (χ0) is 23.6. The van der Waals surface area contributed by atoms with Gasteiger partial charge in [0.05, 0.1) is 23.0 Å². The average molecular weight is 464 g/mol. The molecule has 0 heterocycles. The van der Waals surface area contributed by atoms with Crippen molar-refractivity contribution in [2.75, 3.05) is 0 Å². The third-order valence-corrected chi connectivity index (χ3v) is 5.43. The van der Waals surface area contributed by atoms with Crippen molar-refractivity contribution in [2.45, 2.75) is 32.0 Å². The predicted molar refractivity (Wildman–Crippen MR) is 129 cm³/mol. The summed E-state index contributed by atoms with van der Waals surface area (Å²) in [5, 5.41) is 8.74. The van der Waals surface area contributed by atoms with E-state index in [1.165, 1.54) is 0 Å². The molecule has 0 aliphatic carbocycles. The van der Waals surface area contributed by atoms with Gasteiger partial charge in [0.2, 0.25) is 11.8 Å². The van der Waals surface area contributed by atoms with Gasteiger partial charge < -0.3 is 16.0 Å². The molecule has 3 N–H and O–H groups in total. The molecule has 0 aliphatic rings. The molecule has 3 rings (SSSR count). The number of carbonyl (C=O) groups is 3. The molecule has 2 unspecified atom stereocenters. The van der Waals surface area contributed by atoms with Crippen molar-refractivity contribution in [3.63, 3.8) is 0 Å². The fourth-order valence-corrected chi connectivity index (χ4v) is 3.53. The van der Waals surface area contributed by atoms with Gasteiger partial charge in [-0.25, -0.2) is 0 Å². The molecular formula is C26H26ClN3O3. The first-order valence-electron chi connectivity index (χ1n) is 10.7. The summed E-state index contributed by atoms with van der Waals surface area (Å²) in [6, 6.07) is 24.1. The number of benzene rings is 3. The molecule has 170 valence electrons. The first-order chi connectivity index (χ1) is 15.9. The van der Waals surface area contributed by atoms with Gasteiger partial charge in [-0.1, -0.05) is 84.4 Å². The number of hydrogen-bond donors (Lipinski definition) is 3. The van der Waals surface area contributed by atoms with Crippen molar-refractivity contribution in [3.05, 3.63) is 107 Å². The molecule has 0 aromatic heterocycles. The maximum Gasteiger partial charge on any atom is 0.253 e. The first-order valence-corrected chi connectivity index (χ1v) is 11.0. The van der Waals surface area contributed by atoms with Gasteiger partial charge in [0.15, 0.2) is 0 Å². The second kappa shape index (κ2) is 11.8. The lowest BCUT2D eigenvalue weighted by molar-refractivity contribution is -0.128. The Balaban J connectivity index is 1.62. The molecule has 0 fully saturated rings. The van der Waals surface area contributed by atoms with Crippen LogP contribution in [0.15, 0.2) is 84.9 Å². The van der Waals surface area contributed by atoms with E-state index in [2.05, 4.69) is 16.0 Å². The maximum absolute atomic E-state index is 12.8. The Hall–Kier alpha value is -3.64. The molecule has 2 atom stereocenters. The number of amides is 3. The summed E-state index contributed by atoms with van der Waals surface area (Å²) in [6.45, 7) is 2.00. The van der Waals surface area contributed by atoms with Crippen molar-refractivity contribution >= 4 is 29.3 Å². The highest BCUT2D eigenvalue weighted by Crippen LogP contribution is 2.20. The van der Waals surface area contributed by atoms with Crippen LogP contribution in [0.1, 0.15) is 40.9 Å². The molecule has 0 saturated carbocycles. The third-order valence-electron chi connectivity index (χ3n) is 5.10. The molecule has 33 heavy (non-hydrogen) atoms. The first kappa shape index (κ1) is 24.0. The quantitative estimate of drug-likeness (QED) is 0.448. The Morgan fingerprint density at radius 1 is 0.818 bits per heavy atom. The molecule has 3 aromatic rings. The Morgan fingerprint density at radius 2 is 1.42 bits per heavy atom. The topological polar surface area (TPSA) is 87.3 Å². The molecular weight excluding hydrogens is 438 g/mol. The van der Waals surface area contributed by atoms with E-state index in [1.807, 2.05) is 60.7 Å². The summed E-state index contributed by atoms with van der Waals surface area (Å²) in [5.41, 5.74) is 2.07. The predicted octanol–water partition coefficient (Wildman–Crippen LogP) is 4.02. The maximum atomic E-state index is 12.8. The monoisotopic (exact) mass is 463 g/mol. The minimum Gasteiger partial charge on any atom is -0.350 e. The van der Waals surface area contributed by atoms with Crippen LogP contribution < -0.4 is 16.0 Å². The number of hydrogen-bond acceptors (Lipinski definition) is 3. The van der Waals surface area contributed by atoms with Crippen LogP contribution in [0.4, 0.5) is 0 Å². The van der Waals surface area contributed by atoms with Gasteiger partial charge in [0, 0.05) is 6.54 Å². The van der Waals surface area contributed by atoms with E-state index in [0.29, 0.717) is 17.1 Å². The lowest BCUT2D eigenvalue weighted by Gasteiger charge is -2.21. The van der Waals surface area contributed by atoms with Crippen LogP contribution in [0.3, 0.4) is 0 Å². The highest BCUT2D eigenvalue weighted by molar-refractivity contribution is 6.33. The average Bonchev–Trinajstić information content (AvgIpc) is 2.83. The SMILES string of the molecule is CC(NC(=O)CC(NC(=O)c1ccccc1Cl)c1ccccc1)C(=O)NCc1ccccc1. The molecule has 0 bridgehead atoms. The zero-order valence-electron chi connectivity index (χ0n) is 18.3. The molecule has 3 aromatic carbocycles. The Kier molecular flexibility index (Phi) is 8.61. The van der Waals surface area contributed by atoms with Gasteiger partial charge >= 0.3 is 0 Å². The molecule has 0 aliphatic heterocycles. The van der Waals surface area contributed by atoms with Gasteiger partial charge in [-0.2, -0.15) is 0 Å². The van der Waals surface area contributed by atoms with Crippen LogP contribution in [0.5, 0.6) is 0 Å². The second-order valence-corrected chi connectivity index (χ2v) is 8.02. The Morgan fingerprint density at radius 3 is 2.09 bits per heavy atom. The van der Waals surface area contributed by atoms with Crippen molar-refractivity contribution in [3.8, 4) is 0 Å². The molecule has 0 saturated heterocycles. The summed E-state index contributed by atoms with van der Waals surface area (Å²) >= 11 is 6.15. The number of halogens is 1. The molecule has 7 heteroatoms. The lowest BCUT2D eigenvalue weighted by atomic mass is 10.0. The molecule has 0 radical (unpaired) electrons.